The minimum Gasteiger partial charge on any atom is -0.331 e. The van der Waals surface area contributed by atoms with E-state index >= 15 is 0 Å². The Morgan fingerprint density at radius 1 is 1.29 bits per heavy atom. The number of nitrogens with zero attached hydrogens (tertiary/aromatic N) is 1. The van der Waals surface area contributed by atoms with Gasteiger partial charge in [-0.3, -0.25) is 4.79 Å². The fourth-order valence-electron chi connectivity index (χ4n) is 2.85. The molecule has 0 saturated carbocycles. The predicted molar refractivity (Wildman–Crippen MR) is 74.9 cm³/mol. The van der Waals surface area contributed by atoms with Crippen molar-refractivity contribution in [3.05, 3.63) is 35.4 Å². The zero-order valence-corrected chi connectivity index (χ0v) is 12.1. The summed E-state index contributed by atoms with van der Waals surface area (Å²) >= 11 is 0. The van der Waals surface area contributed by atoms with E-state index in [0.29, 0.717) is 19.3 Å². The second kappa shape index (κ2) is 6.50. The summed E-state index contributed by atoms with van der Waals surface area (Å²) in [7, 11) is 0. The second-order valence-electron chi connectivity index (χ2n) is 5.57. The third-order valence-corrected chi connectivity index (χ3v) is 4.07. The fourth-order valence-corrected chi connectivity index (χ4v) is 2.85. The monoisotopic (exact) mass is 299 g/mol. The van der Waals surface area contributed by atoms with Gasteiger partial charge >= 0.3 is 6.18 Å². The van der Waals surface area contributed by atoms with Crippen LogP contribution in [0.5, 0.6) is 0 Å². The fraction of sp³-hybridized carbons (Fsp3) is 0.562. The van der Waals surface area contributed by atoms with E-state index in [4.69, 9.17) is 0 Å². The van der Waals surface area contributed by atoms with Crippen LogP contribution in [0.25, 0.3) is 0 Å². The summed E-state index contributed by atoms with van der Waals surface area (Å²) in [4.78, 5) is 13.2. The number of hydrogen-bond acceptors (Lipinski definition) is 1. The Morgan fingerprint density at radius 3 is 2.67 bits per heavy atom. The number of amides is 1. The SMILES string of the molecule is Cc1ccccc1CCC(=O)N1CCCCC1C(F)(F)F. The van der Waals surface area contributed by atoms with Crippen LogP contribution in [0.1, 0.15) is 36.8 Å². The highest BCUT2D eigenvalue weighted by molar-refractivity contribution is 5.77. The Bertz CT molecular complexity index is 499. The molecule has 2 rings (SSSR count). The second-order valence-corrected chi connectivity index (χ2v) is 5.57. The van der Waals surface area contributed by atoms with E-state index in [9.17, 15) is 18.0 Å². The number of carbonyl (C=O) groups excluding carboxylic acids is 1. The molecule has 1 aromatic rings. The van der Waals surface area contributed by atoms with Crippen LogP contribution in [0.2, 0.25) is 0 Å². The van der Waals surface area contributed by atoms with Crippen molar-refractivity contribution in [1.29, 1.82) is 0 Å². The van der Waals surface area contributed by atoms with Crippen molar-refractivity contribution in [1.82, 2.24) is 4.90 Å². The molecule has 21 heavy (non-hydrogen) atoms. The van der Waals surface area contributed by atoms with Crippen LogP contribution in [0.4, 0.5) is 13.2 Å². The summed E-state index contributed by atoms with van der Waals surface area (Å²) in [5.41, 5.74) is 2.09. The molecule has 0 radical (unpaired) electrons. The normalized spacial score (nSPS) is 19.6. The first-order valence-electron chi connectivity index (χ1n) is 7.30. The van der Waals surface area contributed by atoms with Crippen molar-refractivity contribution in [3.8, 4) is 0 Å². The molecule has 1 aliphatic heterocycles. The number of alkyl halides is 3. The highest BCUT2D eigenvalue weighted by atomic mass is 19.4. The van der Waals surface area contributed by atoms with Gasteiger partial charge < -0.3 is 4.90 Å². The number of carbonyl (C=O) groups is 1. The molecule has 5 heteroatoms. The van der Waals surface area contributed by atoms with Crippen LogP contribution >= 0.6 is 0 Å². The average Bonchev–Trinajstić information content (AvgIpc) is 2.45. The molecular weight excluding hydrogens is 279 g/mol. The Hall–Kier alpha value is -1.52. The molecule has 1 aliphatic rings. The van der Waals surface area contributed by atoms with Crippen LogP contribution in [0.3, 0.4) is 0 Å². The van der Waals surface area contributed by atoms with E-state index in [2.05, 4.69) is 0 Å². The maximum absolute atomic E-state index is 13.0. The van der Waals surface area contributed by atoms with Crippen molar-refractivity contribution in [2.24, 2.45) is 0 Å². The van der Waals surface area contributed by atoms with Crippen LogP contribution in [0.15, 0.2) is 24.3 Å². The predicted octanol–water partition coefficient (Wildman–Crippen LogP) is 3.87. The van der Waals surface area contributed by atoms with Crippen molar-refractivity contribution < 1.29 is 18.0 Å². The van der Waals surface area contributed by atoms with Gasteiger partial charge in [-0.15, -0.1) is 0 Å². The molecule has 1 atom stereocenters. The summed E-state index contributed by atoms with van der Waals surface area (Å²) in [5, 5.41) is 0. The molecule has 1 saturated heterocycles. The standard InChI is InChI=1S/C16H20F3NO/c1-12-6-2-3-7-13(12)9-10-15(21)20-11-5-4-8-14(20)16(17,18)19/h2-3,6-7,14H,4-5,8-11H2,1H3. The number of aryl methyl sites for hydroxylation is 2. The number of benzene rings is 1. The number of likely N-dealkylation sites (tertiary alicyclic amines) is 1. The number of rotatable bonds is 3. The van der Waals surface area contributed by atoms with Crippen LogP contribution in [-0.4, -0.2) is 29.6 Å². The van der Waals surface area contributed by atoms with Crippen LogP contribution in [-0.2, 0) is 11.2 Å². The average molecular weight is 299 g/mol. The zero-order chi connectivity index (χ0) is 15.5. The molecule has 0 spiro atoms. The van der Waals surface area contributed by atoms with Gasteiger partial charge in [-0.2, -0.15) is 13.2 Å². The Balaban J connectivity index is 2.00. The lowest BCUT2D eigenvalue weighted by Gasteiger charge is -2.36. The van der Waals surface area contributed by atoms with Crippen molar-refractivity contribution >= 4 is 5.91 Å². The quantitative estimate of drug-likeness (QED) is 0.829. The van der Waals surface area contributed by atoms with Crippen LogP contribution < -0.4 is 0 Å². The molecular formula is C16H20F3NO. The topological polar surface area (TPSA) is 20.3 Å². The van der Waals surface area contributed by atoms with Gasteiger partial charge in [-0.1, -0.05) is 24.3 Å². The van der Waals surface area contributed by atoms with Crippen molar-refractivity contribution in [2.45, 2.75) is 51.2 Å². The lowest BCUT2D eigenvalue weighted by Crippen LogP contribution is -2.51. The van der Waals surface area contributed by atoms with Gasteiger partial charge in [-0.25, -0.2) is 0 Å². The smallest absolute Gasteiger partial charge is 0.331 e. The number of piperidine rings is 1. The van der Waals surface area contributed by atoms with Gasteiger partial charge in [0.25, 0.3) is 0 Å². The minimum atomic E-state index is -4.32. The molecule has 1 amide bonds. The highest BCUT2D eigenvalue weighted by Crippen LogP contribution is 2.32. The molecule has 0 aromatic heterocycles. The lowest BCUT2D eigenvalue weighted by atomic mass is 9.99. The van der Waals surface area contributed by atoms with Crippen molar-refractivity contribution in [3.63, 3.8) is 0 Å². The first kappa shape index (κ1) is 15.9. The number of halogens is 3. The summed E-state index contributed by atoms with van der Waals surface area (Å²) < 4.78 is 39.0. The van der Waals surface area contributed by atoms with E-state index in [0.717, 1.165) is 16.0 Å². The summed E-state index contributed by atoms with van der Waals surface area (Å²) in [6, 6.07) is 6.05. The Kier molecular flexibility index (Phi) is 4.91. The van der Waals surface area contributed by atoms with E-state index in [1.807, 2.05) is 31.2 Å². The van der Waals surface area contributed by atoms with Crippen LogP contribution in [0, 0.1) is 6.92 Å². The summed E-state index contributed by atoms with van der Waals surface area (Å²) in [6.45, 7) is 2.16. The van der Waals surface area contributed by atoms with E-state index in [1.165, 1.54) is 0 Å². The Morgan fingerprint density at radius 2 is 2.00 bits per heavy atom. The molecule has 1 aromatic carbocycles. The molecule has 0 N–H and O–H groups in total. The minimum absolute atomic E-state index is 0.0274. The third kappa shape index (κ3) is 3.99. The maximum Gasteiger partial charge on any atom is 0.408 e. The van der Waals surface area contributed by atoms with E-state index in [1.54, 1.807) is 0 Å². The molecule has 2 nitrogen and oxygen atoms in total. The van der Waals surface area contributed by atoms with Crippen molar-refractivity contribution in [2.75, 3.05) is 6.54 Å². The lowest BCUT2D eigenvalue weighted by molar-refractivity contribution is -0.195. The van der Waals surface area contributed by atoms with Gasteiger partial charge in [0, 0.05) is 13.0 Å². The molecule has 116 valence electrons. The third-order valence-electron chi connectivity index (χ3n) is 4.07. The molecule has 1 fully saturated rings. The molecule has 0 aliphatic carbocycles. The van der Waals surface area contributed by atoms with Gasteiger partial charge in [0.1, 0.15) is 6.04 Å². The first-order chi connectivity index (χ1) is 9.89. The first-order valence-corrected chi connectivity index (χ1v) is 7.30. The highest BCUT2D eigenvalue weighted by Gasteiger charge is 2.45. The molecule has 1 unspecified atom stereocenters. The van der Waals surface area contributed by atoms with Gasteiger partial charge in [-0.05, 0) is 43.7 Å². The largest absolute Gasteiger partial charge is 0.408 e. The summed E-state index contributed by atoms with van der Waals surface area (Å²) in [5.74, 6) is -0.389. The Labute approximate surface area is 122 Å². The molecule has 0 bridgehead atoms. The van der Waals surface area contributed by atoms with Gasteiger partial charge in [0.05, 0.1) is 0 Å². The maximum atomic E-state index is 13.0. The number of hydrogen-bond donors (Lipinski definition) is 0. The van der Waals surface area contributed by atoms with Gasteiger partial charge in [0.2, 0.25) is 5.91 Å². The van der Waals surface area contributed by atoms with E-state index < -0.39 is 12.2 Å². The van der Waals surface area contributed by atoms with Gasteiger partial charge in [0.15, 0.2) is 0 Å². The van der Waals surface area contributed by atoms with E-state index in [-0.39, 0.29) is 25.3 Å². The zero-order valence-electron chi connectivity index (χ0n) is 12.1. The summed E-state index contributed by atoms with van der Waals surface area (Å²) in [6.07, 6.45) is -2.48. The molecule has 1 heterocycles.